The highest BCUT2D eigenvalue weighted by Crippen LogP contribution is 2.06. The molecule has 8 heteroatoms. The van der Waals surface area contributed by atoms with Crippen molar-refractivity contribution in [3.05, 3.63) is 18.5 Å². The number of ether oxygens (including phenoxy) is 1. The van der Waals surface area contributed by atoms with Crippen LogP contribution in [0.1, 0.15) is 20.3 Å². The number of aromatic nitrogens is 5. The number of nitrogens with one attached hydrogen (secondary N) is 1. The first kappa shape index (κ1) is 15.2. The highest BCUT2D eigenvalue weighted by molar-refractivity contribution is 5.34. The zero-order valence-electron chi connectivity index (χ0n) is 12.4. The lowest BCUT2D eigenvalue weighted by Gasteiger charge is -2.08. The average molecular weight is 291 g/mol. The molecule has 0 unspecified atom stereocenters. The van der Waals surface area contributed by atoms with Crippen LogP contribution in [0.2, 0.25) is 0 Å². The van der Waals surface area contributed by atoms with Crippen molar-refractivity contribution in [2.75, 3.05) is 30.8 Å². The van der Waals surface area contributed by atoms with Gasteiger partial charge < -0.3 is 15.8 Å². The molecule has 0 aromatic carbocycles. The van der Waals surface area contributed by atoms with Crippen LogP contribution in [-0.2, 0) is 4.74 Å². The van der Waals surface area contributed by atoms with Gasteiger partial charge in [0.1, 0.15) is 0 Å². The average Bonchev–Trinajstić information content (AvgIpc) is 2.96. The van der Waals surface area contributed by atoms with Crippen LogP contribution in [-0.4, -0.2) is 44.5 Å². The molecule has 2 aromatic heterocycles. The Bertz CT molecular complexity index is 541. The molecule has 0 amide bonds. The van der Waals surface area contributed by atoms with Crippen LogP contribution in [0.5, 0.6) is 0 Å². The molecule has 0 saturated carbocycles. The smallest absolute Gasteiger partial charge is 0.257 e. The fourth-order valence-corrected chi connectivity index (χ4v) is 1.61. The topological polar surface area (TPSA) is 104 Å². The van der Waals surface area contributed by atoms with Crippen molar-refractivity contribution < 1.29 is 4.74 Å². The number of nitrogens with two attached hydrogens (primary N) is 1. The van der Waals surface area contributed by atoms with Gasteiger partial charge in [0.15, 0.2) is 0 Å². The molecule has 2 rings (SSSR count). The van der Waals surface area contributed by atoms with E-state index < -0.39 is 0 Å². The molecule has 0 saturated heterocycles. The Morgan fingerprint density at radius 3 is 2.86 bits per heavy atom. The van der Waals surface area contributed by atoms with Crippen LogP contribution in [0.4, 0.5) is 11.9 Å². The maximum Gasteiger partial charge on any atom is 0.257 e. The summed E-state index contributed by atoms with van der Waals surface area (Å²) in [5, 5.41) is 7.13. The van der Waals surface area contributed by atoms with Crippen molar-refractivity contribution in [1.82, 2.24) is 24.7 Å². The van der Waals surface area contributed by atoms with E-state index in [9.17, 15) is 0 Å². The second-order valence-corrected chi connectivity index (χ2v) is 4.99. The monoisotopic (exact) mass is 291 g/mol. The van der Waals surface area contributed by atoms with Gasteiger partial charge in [-0.25, -0.2) is 4.68 Å². The van der Waals surface area contributed by atoms with Crippen LogP contribution >= 0.6 is 0 Å². The van der Waals surface area contributed by atoms with Crippen molar-refractivity contribution in [2.45, 2.75) is 20.3 Å². The van der Waals surface area contributed by atoms with Crippen molar-refractivity contribution in [3.8, 4) is 5.95 Å². The first-order valence-electron chi connectivity index (χ1n) is 6.98. The molecule has 0 fully saturated rings. The summed E-state index contributed by atoms with van der Waals surface area (Å²) in [7, 11) is 0. The number of anilines is 2. The minimum absolute atomic E-state index is 0.152. The number of rotatable bonds is 8. The molecule has 21 heavy (non-hydrogen) atoms. The Morgan fingerprint density at radius 1 is 1.29 bits per heavy atom. The number of hydrogen-bond donors (Lipinski definition) is 2. The number of nitrogens with zero attached hydrogens (tertiary/aromatic N) is 5. The summed E-state index contributed by atoms with van der Waals surface area (Å²) in [6, 6.07) is 1.79. The van der Waals surface area contributed by atoms with Gasteiger partial charge in [0.25, 0.3) is 5.95 Å². The number of nitrogen functional groups attached to an aromatic ring is 1. The molecule has 2 heterocycles. The van der Waals surface area contributed by atoms with E-state index >= 15 is 0 Å². The highest BCUT2D eigenvalue weighted by Gasteiger charge is 2.06. The zero-order chi connectivity index (χ0) is 15.1. The molecule has 3 N–H and O–H groups in total. The van der Waals surface area contributed by atoms with Crippen LogP contribution in [0, 0.1) is 5.92 Å². The van der Waals surface area contributed by atoms with Crippen LogP contribution in [0.15, 0.2) is 18.5 Å². The molecule has 114 valence electrons. The van der Waals surface area contributed by atoms with Gasteiger partial charge in [0.05, 0.1) is 6.61 Å². The van der Waals surface area contributed by atoms with E-state index in [1.165, 1.54) is 4.68 Å². The summed E-state index contributed by atoms with van der Waals surface area (Å²) in [4.78, 5) is 12.3. The lowest BCUT2D eigenvalue weighted by Crippen LogP contribution is -2.15. The van der Waals surface area contributed by atoms with E-state index in [1.807, 2.05) is 0 Å². The molecule has 0 radical (unpaired) electrons. The maximum absolute atomic E-state index is 5.68. The third kappa shape index (κ3) is 4.99. The van der Waals surface area contributed by atoms with Gasteiger partial charge >= 0.3 is 0 Å². The predicted molar refractivity (Wildman–Crippen MR) is 80.1 cm³/mol. The molecule has 0 aliphatic rings. The first-order chi connectivity index (χ1) is 10.1. The Kier molecular flexibility index (Phi) is 5.44. The second-order valence-electron chi connectivity index (χ2n) is 4.99. The van der Waals surface area contributed by atoms with E-state index in [2.05, 4.69) is 39.2 Å². The minimum atomic E-state index is 0.152. The van der Waals surface area contributed by atoms with Crippen molar-refractivity contribution >= 4 is 11.9 Å². The molecule has 0 bridgehead atoms. The Labute approximate surface area is 123 Å². The van der Waals surface area contributed by atoms with Crippen LogP contribution in [0.3, 0.4) is 0 Å². The molecule has 0 aliphatic heterocycles. The molecule has 2 aromatic rings. The number of hydrogen-bond acceptors (Lipinski definition) is 7. The first-order valence-corrected chi connectivity index (χ1v) is 6.98. The summed E-state index contributed by atoms with van der Waals surface area (Å²) in [6.45, 7) is 6.31. The molecular weight excluding hydrogens is 270 g/mol. The fourth-order valence-electron chi connectivity index (χ4n) is 1.61. The van der Waals surface area contributed by atoms with Crippen molar-refractivity contribution in [2.24, 2.45) is 5.92 Å². The molecule has 0 atom stereocenters. The summed E-state index contributed by atoms with van der Waals surface area (Å²) in [5.74, 6) is 1.60. The summed E-state index contributed by atoms with van der Waals surface area (Å²) in [5.41, 5.74) is 5.68. The van der Waals surface area contributed by atoms with Gasteiger partial charge in [0.2, 0.25) is 11.9 Å². The summed E-state index contributed by atoms with van der Waals surface area (Å²) >= 11 is 0. The van der Waals surface area contributed by atoms with Gasteiger partial charge in [-0.15, -0.1) is 0 Å². The van der Waals surface area contributed by atoms with Gasteiger partial charge in [-0.2, -0.15) is 20.1 Å². The SMILES string of the molecule is CC(C)CCOCCNc1nc(N)nc(-n2cccn2)n1. The highest BCUT2D eigenvalue weighted by atomic mass is 16.5. The van der Waals surface area contributed by atoms with E-state index in [-0.39, 0.29) is 5.95 Å². The van der Waals surface area contributed by atoms with E-state index in [4.69, 9.17) is 10.5 Å². The van der Waals surface area contributed by atoms with Crippen LogP contribution < -0.4 is 11.1 Å². The lowest BCUT2D eigenvalue weighted by atomic mass is 10.1. The third-order valence-electron chi connectivity index (χ3n) is 2.72. The van der Waals surface area contributed by atoms with Gasteiger partial charge in [-0.1, -0.05) is 13.8 Å². The van der Waals surface area contributed by atoms with Gasteiger partial charge in [-0.05, 0) is 18.4 Å². The lowest BCUT2D eigenvalue weighted by molar-refractivity contribution is 0.132. The van der Waals surface area contributed by atoms with E-state index in [1.54, 1.807) is 18.5 Å². The van der Waals surface area contributed by atoms with E-state index in [0.717, 1.165) is 13.0 Å². The quantitative estimate of drug-likeness (QED) is 0.702. The molecule has 0 spiro atoms. The van der Waals surface area contributed by atoms with Crippen LogP contribution in [0.25, 0.3) is 5.95 Å². The standard InChI is InChI=1S/C13H21N7O/c1-10(2)4-8-21-9-6-15-12-17-11(14)18-13(19-12)20-7-3-5-16-20/h3,5,7,10H,4,6,8-9H2,1-2H3,(H3,14,15,17,18,19). The van der Waals surface area contributed by atoms with Gasteiger partial charge in [-0.3, -0.25) is 0 Å². The van der Waals surface area contributed by atoms with Crippen molar-refractivity contribution in [3.63, 3.8) is 0 Å². The minimum Gasteiger partial charge on any atom is -0.380 e. The fraction of sp³-hybridized carbons (Fsp3) is 0.538. The third-order valence-corrected chi connectivity index (χ3v) is 2.72. The second kappa shape index (κ2) is 7.53. The van der Waals surface area contributed by atoms with Crippen molar-refractivity contribution in [1.29, 1.82) is 0 Å². The normalized spacial score (nSPS) is 11.0. The Morgan fingerprint density at radius 2 is 2.14 bits per heavy atom. The van der Waals surface area contributed by atoms with E-state index in [0.29, 0.717) is 31.0 Å². The summed E-state index contributed by atoms with van der Waals surface area (Å²) in [6.07, 6.45) is 4.45. The maximum atomic E-state index is 5.68. The van der Waals surface area contributed by atoms with Gasteiger partial charge in [0, 0.05) is 25.5 Å². The Balaban J connectivity index is 1.83. The largest absolute Gasteiger partial charge is 0.380 e. The predicted octanol–water partition coefficient (Wildman–Crippen LogP) is 1.11. The molecular formula is C13H21N7O. The molecule has 8 nitrogen and oxygen atoms in total. The Hall–Kier alpha value is -2.22. The molecule has 0 aliphatic carbocycles. The summed E-state index contributed by atoms with van der Waals surface area (Å²) < 4.78 is 7.05. The zero-order valence-corrected chi connectivity index (χ0v) is 12.4.